The number of carbonyl (C=O) groups excluding carboxylic acids is 1. The van der Waals surface area contributed by atoms with E-state index in [-0.39, 0.29) is 4.90 Å². The Morgan fingerprint density at radius 1 is 0.897 bits per heavy atom. The van der Waals surface area contributed by atoms with Gasteiger partial charge < -0.3 is 4.74 Å². The zero-order chi connectivity index (χ0) is 20.6. The molecule has 0 fully saturated rings. The molecule has 4 rings (SSSR count). The summed E-state index contributed by atoms with van der Waals surface area (Å²) in [5.41, 5.74) is 5.72. The van der Waals surface area contributed by atoms with E-state index >= 15 is 0 Å². The van der Waals surface area contributed by atoms with E-state index in [0.29, 0.717) is 0 Å². The molecule has 1 aliphatic rings. The highest BCUT2D eigenvalue weighted by Crippen LogP contribution is 2.44. The second-order valence-electron chi connectivity index (χ2n) is 7.12. The number of esters is 1. The van der Waals surface area contributed by atoms with Gasteiger partial charge in [0.05, 0.1) is 4.90 Å². The lowest BCUT2D eigenvalue weighted by Gasteiger charge is -2.15. The Labute approximate surface area is 170 Å². The number of benzene rings is 3. The van der Waals surface area contributed by atoms with Crippen molar-refractivity contribution in [2.75, 3.05) is 6.54 Å². The molecule has 6 heteroatoms. The lowest BCUT2D eigenvalue weighted by molar-refractivity contribution is -0.145. The van der Waals surface area contributed by atoms with Gasteiger partial charge in [-0.2, -0.15) is 4.72 Å². The predicted octanol–water partition coefficient (Wildman–Crippen LogP) is 3.89. The van der Waals surface area contributed by atoms with Gasteiger partial charge in [-0.05, 0) is 48.2 Å². The Morgan fingerprint density at radius 3 is 2.07 bits per heavy atom. The van der Waals surface area contributed by atoms with Crippen molar-refractivity contribution in [1.82, 2.24) is 4.72 Å². The molecule has 0 saturated heterocycles. The molecule has 3 aromatic carbocycles. The first-order chi connectivity index (χ1) is 13.9. The maximum Gasteiger partial charge on any atom is 0.321 e. The summed E-state index contributed by atoms with van der Waals surface area (Å²) in [7, 11) is -3.80. The normalized spacial score (nSPS) is 13.0. The Kier molecular flexibility index (Phi) is 4.98. The minimum absolute atomic E-state index is 0.130. The monoisotopic (exact) mass is 407 g/mol. The summed E-state index contributed by atoms with van der Waals surface area (Å²) >= 11 is 0. The third-order valence-corrected chi connectivity index (χ3v) is 6.62. The van der Waals surface area contributed by atoms with Crippen molar-refractivity contribution in [2.45, 2.75) is 24.8 Å². The maximum atomic E-state index is 12.5. The van der Waals surface area contributed by atoms with Crippen molar-refractivity contribution in [2.24, 2.45) is 0 Å². The first-order valence-corrected chi connectivity index (χ1v) is 10.8. The Balaban J connectivity index is 1.50. The van der Waals surface area contributed by atoms with Crippen LogP contribution in [0.25, 0.3) is 11.1 Å². The van der Waals surface area contributed by atoms with E-state index in [1.54, 1.807) is 12.1 Å². The number of fused-ring (bicyclic) bond motifs is 3. The third-order valence-electron chi connectivity index (χ3n) is 5.22. The number of nitrogens with one attached hydrogen (secondary N) is 1. The van der Waals surface area contributed by atoms with Crippen molar-refractivity contribution in [3.05, 3.63) is 89.0 Å². The molecule has 0 unspecified atom stereocenters. The van der Waals surface area contributed by atoms with Crippen LogP contribution in [-0.2, 0) is 19.6 Å². The number of hydrogen-bond donors (Lipinski definition) is 1. The quantitative estimate of drug-likeness (QED) is 0.651. The van der Waals surface area contributed by atoms with Crippen LogP contribution in [0.5, 0.6) is 0 Å². The highest BCUT2D eigenvalue weighted by Gasteiger charge is 2.31. The van der Waals surface area contributed by atoms with E-state index in [1.807, 2.05) is 62.4 Å². The fourth-order valence-corrected chi connectivity index (χ4v) is 4.58. The second kappa shape index (κ2) is 7.46. The number of carbonyl (C=O) groups is 1. The summed E-state index contributed by atoms with van der Waals surface area (Å²) in [6, 6.07) is 20.4. The molecule has 3 aromatic rings. The van der Waals surface area contributed by atoms with Crippen LogP contribution in [0.15, 0.2) is 71.6 Å². The van der Waals surface area contributed by atoms with E-state index in [2.05, 4.69) is 4.72 Å². The third kappa shape index (κ3) is 3.69. The number of ether oxygens (including phenoxy) is 1. The highest BCUT2D eigenvalue weighted by molar-refractivity contribution is 7.89. The van der Waals surface area contributed by atoms with Crippen LogP contribution < -0.4 is 4.72 Å². The van der Waals surface area contributed by atoms with Crippen LogP contribution in [0.1, 0.15) is 28.4 Å². The highest BCUT2D eigenvalue weighted by atomic mass is 32.2. The molecule has 0 bridgehead atoms. The van der Waals surface area contributed by atoms with E-state index < -0.39 is 28.6 Å². The topological polar surface area (TPSA) is 72.5 Å². The molecule has 0 saturated carbocycles. The number of aryl methyl sites for hydroxylation is 2. The predicted molar refractivity (Wildman–Crippen MR) is 111 cm³/mol. The second-order valence-corrected chi connectivity index (χ2v) is 8.88. The molecule has 5 nitrogen and oxygen atoms in total. The van der Waals surface area contributed by atoms with Crippen molar-refractivity contribution in [3.8, 4) is 11.1 Å². The van der Waals surface area contributed by atoms with Crippen molar-refractivity contribution in [1.29, 1.82) is 0 Å². The first-order valence-electron chi connectivity index (χ1n) is 9.31. The average Bonchev–Trinajstić information content (AvgIpc) is 3.03. The minimum atomic E-state index is -3.80. The van der Waals surface area contributed by atoms with E-state index in [4.69, 9.17) is 4.74 Å². The van der Waals surface area contributed by atoms with Gasteiger partial charge in [0, 0.05) is 11.1 Å². The Morgan fingerprint density at radius 2 is 1.48 bits per heavy atom. The first kappa shape index (κ1) is 19.4. The largest absolute Gasteiger partial charge is 0.452 e. The summed E-state index contributed by atoms with van der Waals surface area (Å²) in [6.45, 7) is 3.32. The average molecular weight is 407 g/mol. The molecule has 148 valence electrons. The van der Waals surface area contributed by atoms with Gasteiger partial charge in [0.1, 0.15) is 6.54 Å². The summed E-state index contributed by atoms with van der Waals surface area (Å²) in [4.78, 5) is 12.6. The summed E-state index contributed by atoms with van der Waals surface area (Å²) < 4.78 is 33.0. The Hall–Kier alpha value is -2.96. The molecular formula is C23H21NO4S. The fraction of sp³-hybridized carbons (Fsp3) is 0.174. The molecular weight excluding hydrogens is 386 g/mol. The van der Waals surface area contributed by atoms with E-state index in [1.165, 1.54) is 6.07 Å². The molecule has 1 aliphatic carbocycles. The zero-order valence-corrected chi connectivity index (χ0v) is 17.0. The lowest BCUT2D eigenvalue weighted by Crippen LogP contribution is -2.31. The molecule has 0 atom stereocenters. The van der Waals surface area contributed by atoms with Crippen molar-refractivity contribution in [3.63, 3.8) is 0 Å². The van der Waals surface area contributed by atoms with Crippen LogP contribution in [0.3, 0.4) is 0 Å². The van der Waals surface area contributed by atoms with Gasteiger partial charge in [-0.15, -0.1) is 0 Å². The van der Waals surface area contributed by atoms with Gasteiger partial charge in [0.2, 0.25) is 10.0 Å². The lowest BCUT2D eigenvalue weighted by atomic mass is 10.1. The molecule has 0 aromatic heterocycles. The molecule has 0 heterocycles. The van der Waals surface area contributed by atoms with Crippen LogP contribution in [0, 0.1) is 13.8 Å². The standard InChI is InChI=1S/C23H21NO4S/c1-15-11-12-17(13-16(15)2)29(26,27)24-14-22(25)28-23-20-9-5-3-7-18(20)19-8-4-6-10-21(19)23/h3-13,23-24H,14H2,1-2H3. The van der Waals surface area contributed by atoms with Crippen molar-refractivity contribution >= 4 is 16.0 Å². The smallest absolute Gasteiger partial charge is 0.321 e. The van der Waals surface area contributed by atoms with E-state index in [0.717, 1.165) is 33.4 Å². The molecule has 0 amide bonds. The van der Waals surface area contributed by atoms with Gasteiger partial charge in [-0.3, -0.25) is 4.79 Å². The minimum Gasteiger partial charge on any atom is -0.452 e. The molecule has 29 heavy (non-hydrogen) atoms. The van der Waals surface area contributed by atoms with Crippen LogP contribution in [-0.4, -0.2) is 20.9 Å². The SMILES string of the molecule is Cc1ccc(S(=O)(=O)NCC(=O)OC2c3ccccc3-c3ccccc32)cc1C. The molecule has 0 radical (unpaired) electrons. The fourth-order valence-electron chi connectivity index (χ4n) is 3.53. The summed E-state index contributed by atoms with van der Waals surface area (Å²) in [5.74, 6) is -0.631. The van der Waals surface area contributed by atoms with Gasteiger partial charge in [-0.1, -0.05) is 54.6 Å². The van der Waals surface area contributed by atoms with Gasteiger partial charge in [0.25, 0.3) is 0 Å². The summed E-state index contributed by atoms with van der Waals surface area (Å²) in [5, 5.41) is 0. The van der Waals surface area contributed by atoms with Crippen LogP contribution in [0.4, 0.5) is 0 Å². The van der Waals surface area contributed by atoms with Gasteiger partial charge in [-0.25, -0.2) is 8.42 Å². The number of sulfonamides is 1. The Bertz CT molecular complexity index is 1160. The summed E-state index contributed by atoms with van der Waals surface area (Å²) in [6.07, 6.45) is -0.541. The van der Waals surface area contributed by atoms with E-state index in [9.17, 15) is 13.2 Å². The molecule has 0 spiro atoms. The van der Waals surface area contributed by atoms with Crippen molar-refractivity contribution < 1.29 is 17.9 Å². The van der Waals surface area contributed by atoms with Gasteiger partial charge in [0.15, 0.2) is 6.10 Å². The van der Waals surface area contributed by atoms with Crippen LogP contribution >= 0.6 is 0 Å². The van der Waals surface area contributed by atoms with Gasteiger partial charge >= 0.3 is 5.97 Å². The van der Waals surface area contributed by atoms with Crippen LogP contribution in [0.2, 0.25) is 0 Å². The zero-order valence-electron chi connectivity index (χ0n) is 16.2. The molecule has 0 aliphatic heterocycles. The molecule has 1 N–H and O–H groups in total. The number of hydrogen-bond acceptors (Lipinski definition) is 4. The number of rotatable bonds is 5. The maximum absolute atomic E-state index is 12.5.